The van der Waals surface area contributed by atoms with Crippen LogP contribution >= 0.6 is 34.4 Å². The van der Waals surface area contributed by atoms with E-state index in [1.165, 1.54) is 34.8 Å². The molecule has 168 valence electrons. The van der Waals surface area contributed by atoms with Gasteiger partial charge < -0.3 is 9.88 Å². The van der Waals surface area contributed by atoms with Crippen LogP contribution in [0.15, 0.2) is 58.9 Å². The highest BCUT2D eigenvalue weighted by Gasteiger charge is 2.12. The summed E-state index contributed by atoms with van der Waals surface area (Å²) in [5, 5.41) is 16.1. The number of carbonyl (C=O) groups excluding carboxylic acids is 2. The molecule has 12 heteroatoms. The Balaban J connectivity index is 1.32. The molecule has 0 radical (unpaired) electrons. The molecule has 0 fully saturated rings. The van der Waals surface area contributed by atoms with Crippen molar-refractivity contribution in [2.75, 3.05) is 16.8 Å². The number of benzene rings is 2. The number of rotatable bonds is 7. The van der Waals surface area contributed by atoms with Gasteiger partial charge in [0, 0.05) is 30.1 Å². The first-order chi connectivity index (χ1) is 15.9. The molecule has 0 aliphatic rings. The molecule has 0 aliphatic heterocycles. The summed E-state index contributed by atoms with van der Waals surface area (Å²) in [6.45, 7) is 0. The molecule has 4 aromatic rings. The van der Waals surface area contributed by atoms with E-state index in [0.717, 1.165) is 28.5 Å². The van der Waals surface area contributed by atoms with Crippen molar-refractivity contribution in [2.45, 2.75) is 0 Å². The molecule has 0 saturated carbocycles. The monoisotopic (exact) mass is 499 g/mol. The van der Waals surface area contributed by atoms with Gasteiger partial charge in [-0.3, -0.25) is 19.7 Å². The van der Waals surface area contributed by atoms with Crippen molar-refractivity contribution in [1.82, 2.24) is 9.55 Å². The number of aryl methyl sites for hydroxylation is 1. The first-order valence-electron chi connectivity index (χ1n) is 9.61. The van der Waals surface area contributed by atoms with Gasteiger partial charge in [-0.15, -0.1) is 23.1 Å². The lowest BCUT2D eigenvalue weighted by molar-refractivity contribution is -0.384. The Labute approximate surface area is 200 Å². The lowest BCUT2D eigenvalue weighted by Crippen LogP contribution is -2.17. The topological polar surface area (TPSA) is 119 Å². The second-order valence-electron chi connectivity index (χ2n) is 6.80. The number of hydrogen-bond acceptors (Lipinski definition) is 8. The predicted octanol–water partition coefficient (Wildman–Crippen LogP) is 4.07. The summed E-state index contributed by atoms with van der Waals surface area (Å²) in [6.07, 6.45) is 0. The van der Waals surface area contributed by atoms with E-state index in [1.807, 2.05) is 35.7 Å². The van der Waals surface area contributed by atoms with Crippen LogP contribution in [-0.2, 0) is 16.6 Å². The van der Waals surface area contributed by atoms with Crippen molar-refractivity contribution in [3.8, 4) is 11.3 Å². The van der Waals surface area contributed by atoms with E-state index in [0.29, 0.717) is 14.6 Å². The molecule has 2 aromatic carbocycles. The maximum absolute atomic E-state index is 12.3. The summed E-state index contributed by atoms with van der Waals surface area (Å²) < 4.78 is 2.38. The Morgan fingerprint density at radius 3 is 2.76 bits per heavy atom. The Hall–Kier alpha value is -3.35. The molecule has 0 atom stereocenters. The van der Waals surface area contributed by atoms with E-state index in [1.54, 1.807) is 17.7 Å². The first kappa shape index (κ1) is 22.8. The van der Waals surface area contributed by atoms with Crippen LogP contribution in [0.5, 0.6) is 0 Å². The van der Waals surface area contributed by atoms with Crippen LogP contribution in [0.25, 0.3) is 21.5 Å². The van der Waals surface area contributed by atoms with Crippen molar-refractivity contribution in [2.24, 2.45) is 12.0 Å². The van der Waals surface area contributed by atoms with Gasteiger partial charge in [0.05, 0.1) is 32.3 Å². The van der Waals surface area contributed by atoms with Gasteiger partial charge in [-0.2, -0.15) is 4.99 Å². The number of thiazole rings is 2. The van der Waals surface area contributed by atoms with Gasteiger partial charge in [-0.1, -0.05) is 41.7 Å². The summed E-state index contributed by atoms with van der Waals surface area (Å²) in [5.74, 6) is -0.507. The molecule has 2 heterocycles. The SMILES string of the molecule is Cn1c(=NC(=O)CSCC(=O)Nc2nc(-c3ccccc3)cs2)sc2cc([N+](=O)[O-])ccc21. The van der Waals surface area contributed by atoms with E-state index in [9.17, 15) is 19.7 Å². The van der Waals surface area contributed by atoms with Crippen LogP contribution in [0.1, 0.15) is 0 Å². The fraction of sp³-hybridized carbons (Fsp3) is 0.143. The summed E-state index contributed by atoms with van der Waals surface area (Å²) in [7, 11) is 1.75. The molecule has 0 bridgehead atoms. The fourth-order valence-corrected chi connectivity index (χ4v) is 5.34. The van der Waals surface area contributed by atoms with Crippen molar-refractivity contribution >= 4 is 67.3 Å². The van der Waals surface area contributed by atoms with Crippen molar-refractivity contribution in [3.63, 3.8) is 0 Å². The summed E-state index contributed by atoms with van der Waals surface area (Å²) in [5.41, 5.74) is 2.50. The molecule has 1 N–H and O–H groups in total. The Kier molecular flexibility index (Phi) is 6.96. The standard InChI is InChI=1S/C21H17N5O4S3/c1-25-16-8-7-14(26(29)30)9-17(16)33-21(25)24-19(28)12-31-11-18(27)23-20-22-15(10-32-20)13-5-3-2-4-6-13/h2-10H,11-12H2,1H3,(H,22,23,27). The van der Waals surface area contributed by atoms with Crippen LogP contribution in [0, 0.1) is 10.1 Å². The number of hydrogen-bond donors (Lipinski definition) is 1. The lowest BCUT2D eigenvalue weighted by atomic mass is 10.2. The third kappa shape index (κ3) is 5.53. The van der Waals surface area contributed by atoms with Gasteiger partial charge >= 0.3 is 0 Å². The minimum absolute atomic E-state index is 0.0140. The van der Waals surface area contributed by atoms with Crippen molar-refractivity contribution in [3.05, 3.63) is 68.8 Å². The third-order valence-electron chi connectivity index (χ3n) is 4.50. The highest BCUT2D eigenvalue weighted by Crippen LogP contribution is 2.25. The smallest absolute Gasteiger partial charge is 0.270 e. The number of aromatic nitrogens is 2. The summed E-state index contributed by atoms with van der Waals surface area (Å²) >= 11 is 3.70. The molecule has 0 unspecified atom stereocenters. The number of nitro benzene ring substituents is 1. The van der Waals surface area contributed by atoms with Crippen LogP contribution in [0.3, 0.4) is 0 Å². The highest BCUT2D eigenvalue weighted by atomic mass is 32.2. The second-order valence-corrected chi connectivity index (χ2v) is 9.66. The Morgan fingerprint density at radius 2 is 2.00 bits per heavy atom. The molecule has 4 rings (SSSR count). The Bertz CT molecular complexity index is 1410. The van der Waals surface area contributed by atoms with Gasteiger partial charge in [-0.05, 0) is 6.07 Å². The zero-order valence-electron chi connectivity index (χ0n) is 17.3. The minimum Gasteiger partial charge on any atom is -0.319 e. The average Bonchev–Trinajstić information content (AvgIpc) is 3.38. The molecular weight excluding hydrogens is 482 g/mol. The van der Waals surface area contributed by atoms with Gasteiger partial charge in [-0.25, -0.2) is 4.98 Å². The number of carbonyl (C=O) groups is 2. The number of anilines is 1. The quantitative estimate of drug-likeness (QED) is 0.302. The number of thioether (sulfide) groups is 1. The van der Waals surface area contributed by atoms with Crippen LogP contribution < -0.4 is 10.1 Å². The molecule has 0 aliphatic carbocycles. The minimum atomic E-state index is -0.461. The Morgan fingerprint density at radius 1 is 1.21 bits per heavy atom. The number of fused-ring (bicyclic) bond motifs is 1. The van der Waals surface area contributed by atoms with E-state index < -0.39 is 4.92 Å². The zero-order chi connectivity index (χ0) is 23.4. The van der Waals surface area contributed by atoms with E-state index in [-0.39, 0.29) is 29.0 Å². The zero-order valence-corrected chi connectivity index (χ0v) is 19.7. The maximum Gasteiger partial charge on any atom is 0.270 e. The van der Waals surface area contributed by atoms with Crippen LogP contribution in [0.2, 0.25) is 0 Å². The van der Waals surface area contributed by atoms with Crippen LogP contribution in [0.4, 0.5) is 10.8 Å². The maximum atomic E-state index is 12.3. The van der Waals surface area contributed by atoms with Crippen molar-refractivity contribution in [1.29, 1.82) is 0 Å². The molecule has 0 saturated heterocycles. The van der Waals surface area contributed by atoms with Gasteiger partial charge in [0.2, 0.25) is 5.91 Å². The average molecular weight is 500 g/mol. The van der Waals surface area contributed by atoms with Gasteiger partial charge in [0.1, 0.15) is 0 Å². The number of nitrogens with zero attached hydrogens (tertiary/aromatic N) is 4. The molecule has 2 amide bonds. The van der Waals surface area contributed by atoms with Gasteiger partial charge in [0.15, 0.2) is 9.93 Å². The van der Waals surface area contributed by atoms with Crippen molar-refractivity contribution < 1.29 is 14.5 Å². The summed E-state index contributed by atoms with van der Waals surface area (Å²) in [6, 6.07) is 14.2. The highest BCUT2D eigenvalue weighted by molar-refractivity contribution is 8.00. The normalized spacial score (nSPS) is 11.6. The second kappa shape index (κ2) is 10.1. The number of amides is 2. The molecule has 33 heavy (non-hydrogen) atoms. The van der Waals surface area contributed by atoms with E-state index >= 15 is 0 Å². The predicted molar refractivity (Wildman–Crippen MR) is 132 cm³/mol. The molecule has 2 aromatic heterocycles. The van der Waals surface area contributed by atoms with Crippen LogP contribution in [-0.4, -0.2) is 37.8 Å². The van der Waals surface area contributed by atoms with E-state index in [2.05, 4.69) is 15.3 Å². The first-order valence-corrected chi connectivity index (χ1v) is 12.5. The number of nitro groups is 1. The molecule has 9 nitrogen and oxygen atoms in total. The number of nitrogens with one attached hydrogen (secondary N) is 1. The van der Waals surface area contributed by atoms with Gasteiger partial charge in [0.25, 0.3) is 11.6 Å². The fourth-order valence-electron chi connectivity index (χ4n) is 2.94. The number of non-ortho nitro benzene ring substituents is 1. The third-order valence-corrected chi connectivity index (χ3v) is 7.27. The van der Waals surface area contributed by atoms with E-state index in [4.69, 9.17) is 0 Å². The summed E-state index contributed by atoms with van der Waals surface area (Å²) in [4.78, 5) is 43.9. The largest absolute Gasteiger partial charge is 0.319 e. The lowest BCUT2D eigenvalue weighted by Gasteiger charge is -2.00. The molecular formula is C21H17N5O4S3. The molecule has 0 spiro atoms.